The van der Waals surface area contributed by atoms with Crippen molar-refractivity contribution in [3.05, 3.63) is 24.0 Å². The van der Waals surface area contributed by atoms with Crippen molar-refractivity contribution in [1.82, 2.24) is 9.80 Å². The van der Waals surface area contributed by atoms with E-state index in [-0.39, 0.29) is 24.0 Å². The van der Waals surface area contributed by atoms with E-state index >= 15 is 0 Å². The summed E-state index contributed by atoms with van der Waals surface area (Å²) in [5.74, 6) is -1.69. The van der Waals surface area contributed by atoms with Gasteiger partial charge in [-0.05, 0) is 11.6 Å². The number of hydrogen-bond donors (Lipinski definition) is 0. The Balaban J connectivity index is -0.000000154. The summed E-state index contributed by atoms with van der Waals surface area (Å²) < 4.78 is 24.4. The van der Waals surface area contributed by atoms with Crippen LogP contribution in [0.3, 0.4) is 0 Å². The van der Waals surface area contributed by atoms with Gasteiger partial charge in [-0.2, -0.15) is 19.3 Å². The van der Waals surface area contributed by atoms with Gasteiger partial charge in [0.05, 0.1) is 6.07 Å². The van der Waals surface area contributed by atoms with Gasteiger partial charge in [-0.15, -0.1) is 24.0 Å². The molecule has 0 fully saturated rings. The summed E-state index contributed by atoms with van der Waals surface area (Å²) in [5.41, 5.74) is -0.676. The molecular formula is C12H16ClF2I4N4O-. The van der Waals surface area contributed by atoms with Crippen LogP contribution in [0.1, 0.15) is 0 Å². The molecule has 0 unspecified atom stereocenters. The number of carbonyl (C=O) groups excluding carboxylic acids is 1. The van der Waals surface area contributed by atoms with Crippen LogP contribution in [-0.2, 0) is 4.79 Å². The molecule has 0 aromatic carbocycles. The van der Waals surface area contributed by atoms with Crippen LogP contribution in [0.25, 0.3) is 0 Å². The molecule has 0 bridgehead atoms. The number of alkyl halides is 3. The zero-order valence-electron chi connectivity index (χ0n) is 13.1. The third kappa shape index (κ3) is 25.0. The van der Waals surface area contributed by atoms with Gasteiger partial charge in [-0.3, -0.25) is 4.79 Å². The molecule has 0 aliphatic rings. The summed E-state index contributed by atoms with van der Waals surface area (Å²) in [6, 6.07) is 3.22. The van der Waals surface area contributed by atoms with Gasteiger partial charge in [0.2, 0.25) is 0 Å². The predicted octanol–water partition coefficient (Wildman–Crippen LogP) is 1.33. The Labute approximate surface area is 193 Å². The molecule has 140 valence electrons. The van der Waals surface area contributed by atoms with Gasteiger partial charge >= 0.3 is 55.9 Å². The SMILES string of the molecule is CN(C)/C=C(/C#N)C(=O)C(F)(F)Cl.CN(C)/C=C\C#N.I.I[I-]I. The molecule has 0 saturated carbocycles. The quantitative estimate of drug-likeness (QED) is 0.186. The second kappa shape index (κ2) is 20.1. The molecule has 12 heteroatoms. The van der Waals surface area contributed by atoms with Crippen LogP contribution in [0.5, 0.6) is 0 Å². The molecule has 0 aliphatic carbocycles. The number of halogens is 7. The topological polar surface area (TPSA) is 71.1 Å². The Hall–Kier alpha value is 0.800. The second-order valence-electron chi connectivity index (χ2n) is 3.91. The van der Waals surface area contributed by atoms with Gasteiger partial charge < -0.3 is 9.80 Å². The number of allylic oxidation sites excluding steroid dienone is 2. The Morgan fingerprint density at radius 1 is 1.21 bits per heavy atom. The van der Waals surface area contributed by atoms with Crippen molar-refractivity contribution >= 4 is 78.6 Å². The van der Waals surface area contributed by atoms with Gasteiger partial charge in [0.15, 0.2) is 0 Å². The van der Waals surface area contributed by atoms with E-state index in [9.17, 15) is 13.6 Å². The number of carbonyl (C=O) groups is 1. The molecular weight excluding hydrogens is 797 g/mol. The number of nitrogens with zero attached hydrogens (tertiary/aromatic N) is 4. The summed E-state index contributed by atoms with van der Waals surface area (Å²) >= 11 is 9.75. The normalized spacial score (nSPS) is 10.0. The van der Waals surface area contributed by atoms with E-state index in [0.717, 1.165) is 6.20 Å². The number of hydrogen-bond acceptors (Lipinski definition) is 5. The number of Topliss-reactive ketones (excluding diaryl/α,β-unsaturated/α-hetero) is 1. The monoisotopic (exact) mass is 813 g/mol. The summed E-state index contributed by atoms with van der Waals surface area (Å²) in [6.07, 6.45) is 4.11. The Morgan fingerprint density at radius 2 is 1.62 bits per heavy atom. The molecule has 5 nitrogen and oxygen atoms in total. The minimum absolute atomic E-state index is 0. The zero-order valence-corrected chi connectivity index (χ0v) is 22.7. The van der Waals surface area contributed by atoms with Crippen LogP contribution in [0.2, 0.25) is 0 Å². The molecule has 0 saturated heterocycles. The third-order valence-corrected chi connectivity index (χ3v) is 1.63. The molecule has 24 heavy (non-hydrogen) atoms. The molecule has 0 aromatic heterocycles. The minimum atomic E-state index is -4.02. The first-order valence-electron chi connectivity index (χ1n) is 5.47. The maximum atomic E-state index is 12.2. The van der Waals surface area contributed by atoms with Gasteiger partial charge in [0.1, 0.15) is 11.6 Å². The van der Waals surface area contributed by atoms with Crippen molar-refractivity contribution in [1.29, 1.82) is 10.5 Å². The van der Waals surface area contributed by atoms with Crippen LogP contribution in [-0.4, -0.2) is 49.2 Å². The fraction of sp³-hybridized carbons (Fsp3) is 0.417. The number of rotatable bonds is 4. The van der Waals surface area contributed by atoms with Gasteiger partial charge in [-0.25, -0.2) is 0 Å². The van der Waals surface area contributed by atoms with Gasteiger partial charge in [-0.1, -0.05) is 0 Å². The van der Waals surface area contributed by atoms with Crippen molar-refractivity contribution < 1.29 is 26.8 Å². The Bertz CT molecular complexity index is 483. The second-order valence-corrected chi connectivity index (χ2v) is 20.6. The van der Waals surface area contributed by atoms with Crippen molar-refractivity contribution in [3.63, 3.8) is 0 Å². The first-order valence-corrected chi connectivity index (χ1v) is 18.4. The van der Waals surface area contributed by atoms with Crippen molar-refractivity contribution in [2.75, 3.05) is 28.2 Å². The van der Waals surface area contributed by atoms with Crippen LogP contribution in [0, 0.1) is 22.7 Å². The van der Waals surface area contributed by atoms with Crippen LogP contribution in [0.4, 0.5) is 8.78 Å². The standard InChI is InChI=1S/C7H7ClF2N2O.C5H8N2.I3.HI/c1-12(2)4-5(3-11)6(13)7(8,9)10;1-7(2)5-3-4-6;1-3-2;/h4H,1-2H3;3,5H,1-2H3;;1H/q;;-1;/b5-4-;5-3-;;. The summed E-state index contributed by atoms with van der Waals surface area (Å²) in [7, 11) is 6.73. The van der Waals surface area contributed by atoms with Crippen LogP contribution in [0.15, 0.2) is 24.0 Å². The van der Waals surface area contributed by atoms with E-state index < -0.39 is 16.7 Å². The van der Waals surface area contributed by atoms with Gasteiger partial charge in [0.25, 0.3) is 5.78 Å². The zero-order chi connectivity index (χ0) is 19.1. The van der Waals surface area contributed by atoms with E-state index in [4.69, 9.17) is 10.5 Å². The third-order valence-electron chi connectivity index (χ3n) is 1.46. The molecule has 0 aliphatic heterocycles. The van der Waals surface area contributed by atoms with E-state index in [1.807, 2.05) is 25.1 Å². The molecule has 0 N–H and O–H groups in total. The maximum absolute atomic E-state index is 12.2. The molecule has 0 atom stereocenters. The fourth-order valence-electron chi connectivity index (χ4n) is 0.732. The van der Waals surface area contributed by atoms with E-state index in [2.05, 4.69) is 48.8 Å². The summed E-state index contributed by atoms with van der Waals surface area (Å²) in [5, 5.41) is 12.3. The Kier molecular flexibility index (Phi) is 27.2. The van der Waals surface area contributed by atoms with E-state index in [0.29, 0.717) is 13.3 Å². The molecule has 0 radical (unpaired) electrons. The van der Waals surface area contributed by atoms with E-state index in [1.165, 1.54) is 31.1 Å². The molecule has 0 heterocycles. The average Bonchev–Trinajstić information content (AvgIpc) is 2.42. The number of ketones is 1. The van der Waals surface area contributed by atoms with Gasteiger partial charge in [0, 0.05) is 46.7 Å². The molecule has 0 aromatic rings. The first-order chi connectivity index (χ1) is 10.5. The summed E-state index contributed by atoms with van der Waals surface area (Å²) in [6.45, 7) is 0. The van der Waals surface area contributed by atoms with Crippen molar-refractivity contribution in [2.45, 2.75) is 5.38 Å². The fourth-order valence-corrected chi connectivity index (χ4v) is 0.833. The van der Waals surface area contributed by atoms with Crippen molar-refractivity contribution in [3.8, 4) is 12.1 Å². The first kappa shape index (κ1) is 32.5. The Morgan fingerprint density at radius 3 is 1.79 bits per heavy atom. The molecule has 0 rings (SSSR count). The average molecular weight is 813 g/mol. The molecule has 0 spiro atoms. The predicted molar refractivity (Wildman–Crippen MR) is 115 cm³/mol. The van der Waals surface area contributed by atoms with E-state index in [1.54, 1.807) is 6.20 Å². The molecule has 0 amide bonds. The number of nitriles is 2. The van der Waals surface area contributed by atoms with Crippen LogP contribution >= 0.6 is 72.8 Å². The summed E-state index contributed by atoms with van der Waals surface area (Å²) in [4.78, 5) is 13.8. The van der Waals surface area contributed by atoms with Crippen molar-refractivity contribution in [2.24, 2.45) is 0 Å². The van der Waals surface area contributed by atoms with Crippen LogP contribution < -0.4 is 13.3 Å².